The molecule has 0 aliphatic rings. The Morgan fingerprint density at radius 1 is 1.24 bits per heavy atom. The molecule has 0 spiro atoms. The lowest BCUT2D eigenvalue weighted by Crippen LogP contribution is -2.21. The normalized spacial score (nSPS) is 10.1. The summed E-state index contributed by atoms with van der Waals surface area (Å²) < 4.78 is 31.7. The second kappa shape index (κ2) is 7.43. The van der Waals surface area contributed by atoms with E-state index < -0.39 is 12.1 Å². The lowest BCUT2D eigenvalue weighted by Gasteiger charge is -1.93. The maximum Gasteiger partial charge on any atom is 0.490 e. The van der Waals surface area contributed by atoms with Crippen molar-refractivity contribution in [2.45, 2.75) is 19.0 Å². The minimum absolute atomic E-state index is 0.629. The number of hydrogen-bond acceptors (Lipinski definition) is 2. The highest BCUT2D eigenvalue weighted by Gasteiger charge is 2.38. The molecule has 0 saturated carbocycles. The zero-order valence-corrected chi connectivity index (χ0v) is 8.78. The van der Waals surface area contributed by atoms with Crippen molar-refractivity contribution in [1.29, 1.82) is 0 Å². The van der Waals surface area contributed by atoms with Gasteiger partial charge in [0.1, 0.15) is 6.29 Å². The second-order valence-corrected chi connectivity index (χ2v) is 2.99. The molecule has 0 bridgehead atoms. The van der Waals surface area contributed by atoms with Gasteiger partial charge < -0.3 is 9.90 Å². The van der Waals surface area contributed by atoms with Crippen LogP contribution < -0.4 is 0 Å². The Morgan fingerprint density at radius 3 is 2.06 bits per heavy atom. The summed E-state index contributed by atoms with van der Waals surface area (Å²) in [6.45, 7) is 0. The molecule has 0 heterocycles. The minimum Gasteiger partial charge on any atom is -0.475 e. The van der Waals surface area contributed by atoms with Crippen molar-refractivity contribution >= 4 is 12.3 Å². The summed E-state index contributed by atoms with van der Waals surface area (Å²) in [6, 6.07) is 10.0. The highest BCUT2D eigenvalue weighted by atomic mass is 19.4. The van der Waals surface area contributed by atoms with Crippen molar-refractivity contribution in [3.05, 3.63) is 35.9 Å². The fraction of sp³-hybridized carbons (Fsp3) is 0.273. The lowest BCUT2D eigenvalue weighted by molar-refractivity contribution is -0.192. The number of carbonyl (C=O) groups excluding carboxylic acids is 1. The van der Waals surface area contributed by atoms with E-state index in [0.29, 0.717) is 6.42 Å². The van der Waals surface area contributed by atoms with Crippen molar-refractivity contribution in [3.8, 4) is 0 Å². The van der Waals surface area contributed by atoms with Gasteiger partial charge in [-0.15, -0.1) is 0 Å². The number of halogens is 3. The number of hydrogen-bond donors (Lipinski definition) is 1. The summed E-state index contributed by atoms with van der Waals surface area (Å²) in [4.78, 5) is 18.9. The Kier molecular flexibility index (Phi) is 6.62. The van der Waals surface area contributed by atoms with Gasteiger partial charge in [0.05, 0.1) is 0 Å². The molecule has 1 N–H and O–H groups in total. The Morgan fingerprint density at radius 2 is 1.71 bits per heavy atom. The molecule has 94 valence electrons. The topological polar surface area (TPSA) is 54.4 Å². The molecule has 0 aliphatic heterocycles. The molecule has 0 radical (unpaired) electrons. The smallest absolute Gasteiger partial charge is 0.475 e. The lowest BCUT2D eigenvalue weighted by atomic mass is 10.1. The van der Waals surface area contributed by atoms with Crippen LogP contribution >= 0.6 is 0 Å². The van der Waals surface area contributed by atoms with Crippen molar-refractivity contribution < 1.29 is 27.9 Å². The van der Waals surface area contributed by atoms with Crippen molar-refractivity contribution in [2.24, 2.45) is 0 Å². The maximum absolute atomic E-state index is 10.6. The first kappa shape index (κ1) is 15.2. The van der Waals surface area contributed by atoms with Crippen LogP contribution in [0.4, 0.5) is 13.2 Å². The molecular weight excluding hydrogens is 237 g/mol. The molecule has 17 heavy (non-hydrogen) atoms. The van der Waals surface area contributed by atoms with Gasteiger partial charge in [-0.1, -0.05) is 30.3 Å². The molecule has 1 rings (SSSR count). The standard InChI is InChI=1S/C9H10O.C2HF3O2/c10-8-4-7-9-5-2-1-3-6-9;3-2(4,5)1(6)7/h1-3,5-6,8H,4,7H2;(H,6,7). The molecule has 0 aromatic heterocycles. The van der Waals surface area contributed by atoms with Crippen LogP contribution in [-0.4, -0.2) is 23.5 Å². The van der Waals surface area contributed by atoms with E-state index in [9.17, 15) is 18.0 Å². The SMILES string of the molecule is O=C(O)C(F)(F)F.O=CCCc1ccccc1. The second-order valence-electron chi connectivity index (χ2n) is 2.99. The third-order valence-corrected chi connectivity index (χ3v) is 1.64. The maximum atomic E-state index is 10.6. The van der Waals surface area contributed by atoms with E-state index in [1.807, 2.05) is 30.3 Å². The number of aldehydes is 1. The van der Waals surface area contributed by atoms with Gasteiger partial charge in [0.2, 0.25) is 0 Å². The van der Waals surface area contributed by atoms with Gasteiger partial charge in [0.25, 0.3) is 0 Å². The third kappa shape index (κ3) is 8.01. The Hall–Kier alpha value is -1.85. The number of carboxylic acids is 1. The molecule has 1 aromatic rings. The first-order valence-corrected chi connectivity index (χ1v) is 4.65. The summed E-state index contributed by atoms with van der Waals surface area (Å²) in [5.74, 6) is -2.76. The molecular formula is C11H11F3O3. The van der Waals surface area contributed by atoms with Crippen molar-refractivity contribution in [3.63, 3.8) is 0 Å². The zero-order chi connectivity index (χ0) is 13.3. The Balaban J connectivity index is 0.000000325. The van der Waals surface area contributed by atoms with Crippen LogP contribution in [0.5, 0.6) is 0 Å². The number of carbonyl (C=O) groups is 2. The van der Waals surface area contributed by atoms with Gasteiger partial charge >= 0.3 is 12.1 Å². The van der Waals surface area contributed by atoms with Crippen LogP contribution in [0.15, 0.2) is 30.3 Å². The van der Waals surface area contributed by atoms with E-state index in [2.05, 4.69) is 0 Å². The van der Waals surface area contributed by atoms with Gasteiger partial charge in [-0.05, 0) is 12.0 Å². The minimum atomic E-state index is -5.08. The fourth-order valence-electron chi connectivity index (χ4n) is 0.870. The van der Waals surface area contributed by atoms with Crippen LogP contribution in [-0.2, 0) is 16.0 Å². The highest BCUT2D eigenvalue weighted by Crippen LogP contribution is 2.13. The third-order valence-electron chi connectivity index (χ3n) is 1.64. The molecule has 0 atom stereocenters. The van der Waals surface area contributed by atoms with E-state index in [1.165, 1.54) is 5.56 Å². The predicted octanol–water partition coefficient (Wildman–Crippen LogP) is 2.45. The average molecular weight is 248 g/mol. The van der Waals surface area contributed by atoms with Gasteiger partial charge in [-0.25, -0.2) is 4.79 Å². The number of benzene rings is 1. The molecule has 1 aromatic carbocycles. The van der Waals surface area contributed by atoms with E-state index in [-0.39, 0.29) is 0 Å². The van der Waals surface area contributed by atoms with Crippen LogP contribution in [0.1, 0.15) is 12.0 Å². The van der Waals surface area contributed by atoms with Gasteiger partial charge in [-0.2, -0.15) is 13.2 Å². The van der Waals surface area contributed by atoms with Gasteiger partial charge in [0.15, 0.2) is 0 Å². The number of carboxylic acid groups (broad SMARTS) is 1. The summed E-state index contributed by atoms with van der Waals surface area (Å²) in [7, 11) is 0. The first-order valence-electron chi connectivity index (χ1n) is 4.65. The molecule has 0 aliphatic carbocycles. The average Bonchev–Trinajstić information content (AvgIpc) is 2.27. The van der Waals surface area contributed by atoms with Gasteiger partial charge in [0, 0.05) is 6.42 Å². The van der Waals surface area contributed by atoms with E-state index in [0.717, 1.165) is 12.7 Å². The summed E-state index contributed by atoms with van der Waals surface area (Å²) >= 11 is 0. The van der Waals surface area contributed by atoms with Crippen LogP contribution in [0.3, 0.4) is 0 Å². The van der Waals surface area contributed by atoms with Crippen LogP contribution in [0.25, 0.3) is 0 Å². The van der Waals surface area contributed by atoms with E-state index in [1.54, 1.807) is 0 Å². The zero-order valence-electron chi connectivity index (χ0n) is 8.78. The summed E-state index contributed by atoms with van der Waals surface area (Å²) in [6.07, 6.45) is -2.64. The van der Waals surface area contributed by atoms with E-state index >= 15 is 0 Å². The van der Waals surface area contributed by atoms with E-state index in [4.69, 9.17) is 9.90 Å². The monoisotopic (exact) mass is 248 g/mol. The van der Waals surface area contributed by atoms with Crippen molar-refractivity contribution in [1.82, 2.24) is 0 Å². The first-order chi connectivity index (χ1) is 7.88. The molecule has 3 nitrogen and oxygen atoms in total. The fourth-order valence-corrected chi connectivity index (χ4v) is 0.870. The van der Waals surface area contributed by atoms with Crippen LogP contribution in [0, 0.1) is 0 Å². The number of aryl methyl sites for hydroxylation is 1. The number of alkyl halides is 3. The van der Waals surface area contributed by atoms with Gasteiger partial charge in [-0.3, -0.25) is 0 Å². The quantitative estimate of drug-likeness (QED) is 0.836. The molecule has 0 amide bonds. The molecule has 0 saturated heterocycles. The largest absolute Gasteiger partial charge is 0.490 e. The molecule has 6 heteroatoms. The Bertz CT molecular complexity index is 347. The Labute approximate surface area is 95.9 Å². The summed E-state index contributed by atoms with van der Waals surface area (Å²) in [5, 5.41) is 7.12. The number of aliphatic carboxylic acids is 1. The van der Waals surface area contributed by atoms with Crippen molar-refractivity contribution in [2.75, 3.05) is 0 Å². The van der Waals surface area contributed by atoms with Crippen LogP contribution in [0.2, 0.25) is 0 Å². The molecule has 0 unspecified atom stereocenters. The predicted molar refractivity (Wildman–Crippen MR) is 54.5 cm³/mol. The number of rotatable bonds is 3. The summed E-state index contributed by atoms with van der Waals surface area (Å²) in [5.41, 5.74) is 1.23. The molecule has 0 fully saturated rings. The highest BCUT2D eigenvalue weighted by molar-refractivity contribution is 5.73.